The minimum atomic E-state index is -1.84. The molecular weight excluding hydrogens is 789 g/mol. The summed E-state index contributed by atoms with van der Waals surface area (Å²) in [5, 5.41) is 11.0. The fourth-order valence-electron chi connectivity index (χ4n) is 7.23. The molecule has 2 heterocycles. The first-order chi connectivity index (χ1) is 28.8. The second-order valence-corrected chi connectivity index (χ2v) is 16.4. The highest BCUT2D eigenvalue weighted by molar-refractivity contribution is 7.44. The van der Waals surface area contributed by atoms with E-state index in [1.165, 1.54) is 10.8 Å². The van der Waals surface area contributed by atoms with Gasteiger partial charge in [-0.25, -0.2) is 9.46 Å². The number of hydroxylamine groups is 2. The van der Waals surface area contributed by atoms with Crippen molar-refractivity contribution in [3.05, 3.63) is 128 Å². The zero-order valence-electron chi connectivity index (χ0n) is 35.9. The first-order valence-corrected chi connectivity index (χ1v) is 21.1. The van der Waals surface area contributed by atoms with Crippen molar-refractivity contribution in [2.24, 2.45) is 0 Å². The maximum Gasteiger partial charge on any atom is 0.330 e. The second kappa shape index (κ2) is 21.9. The van der Waals surface area contributed by atoms with Crippen LogP contribution in [0.4, 0.5) is 0 Å². The fraction of sp³-hybridized carbons (Fsp3) is 0.477. The molecule has 0 radical (unpaired) electrons. The number of nitrogens with zero attached hydrogens (tertiary/aromatic N) is 4. The summed E-state index contributed by atoms with van der Waals surface area (Å²) in [6.07, 6.45) is -2.21. The Morgan fingerprint density at radius 2 is 1.43 bits per heavy atom. The number of nitriles is 1. The van der Waals surface area contributed by atoms with Gasteiger partial charge in [0.15, 0.2) is 6.23 Å². The number of aromatic nitrogens is 2. The summed E-state index contributed by atoms with van der Waals surface area (Å²) in [7, 11) is 4.93. The Kier molecular flexibility index (Phi) is 17.0. The summed E-state index contributed by atoms with van der Waals surface area (Å²) in [6.45, 7) is 10.1. The van der Waals surface area contributed by atoms with Crippen LogP contribution < -0.4 is 20.7 Å². The molecule has 1 unspecified atom stereocenters. The van der Waals surface area contributed by atoms with Gasteiger partial charge < -0.3 is 32.7 Å². The normalized spacial score (nSPS) is 18.7. The number of benzene rings is 3. The number of ether oxygens (including phenoxy) is 5. The molecule has 1 saturated heterocycles. The minimum Gasteiger partial charge on any atom is -0.497 e. The van der Waals surface area contributed by atoms with Gasteiger partial charge in [-0.1, -0.05) is 54.6 Å². The van der Waals surface area contributed by atoms with E-state index in [1.807, 2.05) is 107 Å². The predicted molar refractivity (Wildman–Crippen MR) is 228 cm³/mol. The molecule has 1 aliphatic heterocycles. The molecule has 1 N–H and O–H groups in total. The highest BCUT2D eigenvalue weighted by Crippen LogP contribution is 2.51. The van der Waals surface area contributed by atoms with Gasteiger partial charge in [-0.15, -0.1) is 0 Å². The molecule has 4 aromatic rings. The van der Waals surface area contributed by atoms with Gasteiger partial charge in [-0.2, -0.15) is 10.3 Å². The molecule has 5 rings (SSSR count). The van der Waals surface area contributed by atoms with E-state index in [4.69, 9.17) is 37.6 Å². The molecule has 0 amide bonds. The second-order valence-electron chi connectivity index (χ2n) is 15.0. The van der Waals surface area contributed by atoms with Crippen molar-refractivity contribution in [1.29, 1.82) is 5.26 Å². The molecule has 1 fully saturated rings. The van der Waals surface area contributed by atoms with E-state index in [1.54, 1.807) is 40.3 Å². The molecule has 0 spiro atoms. The number of aryl methyl sites for hydroxylation is 1. The van der Waals surface area contributed by atoms with Gasteiger partial charge >= 0.3 is 5.69 Å². The van der Waals surface area contributed by atoms with E-state index in [2.05, 4.69) is 15.7 Å². The van der Waals surface area contributed by atoms with Crippen molar-refractivity contribution < 1.29 is 37.6 Å². The summed E-state index contributed by atoms with van der Waals surface area (Å²) < 4.78 is 48.9. The quantitative estimate of drug-likeness (QED) is 0.0407. The molecule has 60 heavy (non-hydrogen) atoms. The fourth-order valence-corrected chi connectivity index (χ4v) is 9.00. The van der Waals surface area contributed by atoms with Crippen LogP contribution in [-0.2, 0) is 33.7 Å². The average Bonchev–Trinajstić information content (AvgIpc) is 3.57. The Balaban J connectivity index is 1.69. The zero-order chi connectivity index (χ0) is 43.4. The Hall–Kier alpha value is -4.46. The van der Waals surface area contributed by atoms with Crippen LogP contribution in [0.3, 0.4) is 0 Å². The van der Waals surface area contributed by atoms with Crippen LogP contribution in [0.25, 0.3) is 0 Å². The van der Waals surface area contributed by atoms with Gasteiger partial charge in [0.1, 0.15) is 35.4 Å². The average molecular weight is 848 g/mol. The van der Waals surface area contributed by atoms with Crippen LogP contribution in [0.5, 0.6) is 11.5 Å². The van der Waals surface area contributed by atoms with Crippen molar-refractivity contribution in [3.8, 4) is 17.6 Å². The van der Waals surface area contributed by atoms with Crippen molar-refractivity contribution in [2.75, 3.05) is 54.7 Å². The maximum absolute atomic E-state index is 13.6. The Labute approximate surface area is 353 Å². The highest BCUT2D eigenvalue weighted by atomic mass is 31.2. The number of hydrogen-bond acceptors (Lipinski definition) is 13. The van der Waals surface area contributed by atoms with E-state index in [0.717, 1.165) is 16.7 Å². The molecule has 5 atom stereocenters. The van der Waals surface area contributed by atoms with Crippen molar-refractivity contribution in [2.45, 2.75) is 83.3 Å². The van der Waals surface area contributed by atoms with Crippen LogP contribution >= 0.6 is 8.53 Å². The SMILES string of the molecule is COc1ccc(C(OC[C@H]2O[C@@H](n3cc(C)c(=O)[nH]c3=O)[C@H](OCCON(C)C)[C@@H]2OP(OCCC#N)N(C(C)C)C(C)C)(c2ccccc2)c2ccc(OC)cc2)cc1. The monoisotopic (exact) mass is 847 g/mol. The lowest BCUT2D eigenvalue weighted by molar-refractivity contribution is -0.150. The van der Waals surface area contributed by atoms with E-state index < -0.39 is 49.9 Å². The van der Waals surface area contributed by atoms with Crippen LogP contribution in [0.2, 0.25) is 0 Å². The zero-order valence-corrected chi connectivity index (χ0v) is 36.8. The standard InChI is InChI=1S/C44H58N5O10P/c1-30(2)49(31(3)4)60(57-25-13-24-45)59-39-38(58-42(40(39)54-26-27-56-47(6)7)48-28-32(5)41(50)46-43(48)51)29-55-44(33-14-11-10-12-15-33,34-16-20-36(52-8)21-17-34)35-18-22-37(53-9)23-19-35/h10-12,14-23,28,30-31,38-40,42H,13,25-27,29H2,1-9H3,(H,46,50,51)/t38-,39-,40-,42-,60?/m1/s1. The number of rotatable bonds is 22. The maximum atomic E-state index is 13.6. The van der Waals surface area contributed by atoms with Gasteiger partial charge in [0, 0.05) is 37.9 Å². The number of methoxy groups -OCH3 is 2. The number of nitrogens with one attached hydrogen (secondary N) is 1. The first-order valence-electron chi connectivity index (χ1n) is 20.0. The smallest absolute Gasteiger partial charge is 0.330 e. The molecule has 0 bridgehead atoms. The van der Waals surface area contributed by atoms with Gasteiger partial charge in [0.05, 0.1) is 53.1 Å². The van der Waals surface area contributed by atoms with Crippen LogP contribution in [0, 0.1) is 18.3 Å². The number of hydrogen-bond donors (Lipinski definition) is 1. The molecule has 1 aliphatic rings. The third kappa shape index (κ3) is 11.1. The summed E-state index contributed by atoms with van der Waals surface area (Å²) in [5.74, 6) is 1.35. The lowest BCUT2D eigenvalue weighted by atomic mass is 9.80. The lowest BCUT2D eigenvalue weighted by Gasteiger charge is -2.39. The van der Waals surface area contributed by atoms with Crippen molar-refractivity contribution >= 4 is 8.53 Å². The van der Waals surface area contributed by atoms with Crippen molar-refractivity contribution in [1.82, 2.24) is 19.3 Å². The molecule has 15 nitrogen and oxygen atoms in total. The molecule has 16 heteroatoms. The third-order valence-corrected chi connectivity index (χ3v) is 12.1. The number of H-pyrrole nitrogens is 1. The van der Waals surface area contributed by atoms with Gasteiger partial charge in [0.25, 0.3) is 14.1 Å². The molecule has 324 valence electrons. The highest BCUT2D eigenvalue weighted by Gasteiger charge is 2.51. The topological polar surface area (TPSA) is 159 Å². The Morgan fingerprint density at radius 1 is 0.850 bits per heavy atom. The van der Waals surface area contributed by atoms with E-state index in [-0.39, 0.29) is 44.9 Å². The van der Waals surface area contributed by atoms with Gasteiger partial charge in [-0.05, 0) is 75.6 Å². The van der Waals surface area contributed by atoms with E-state index >= 15 is 0 Å². The van der Waals surface area contributed by atoms with Gasteiger partial charge in [0.2, 0.25) is 0 Å². The lowest BCUT2D eigenvalue weighted by Crippen LogP contribution is -2.44. The van der Waals surface area contributed by atoms with E-state index in [9.17, 15) is 14.9 Å². The van der Waals surface area contributed by atoms with Gasteiger partial charge in [-0.3, -0.25) is 19.2 Å². The minimum absolute atomic E-state index is 0.0146. The van der Waals surface area contributed by atoms with Crippen molar-refractivity contribution in [3.63, 3.8) is 0 Å². The summed E-state index contributed by atoms with van der Waals surface area (Å²) in [5.41, 5.74) is 0.345. The molecule has 3 aromatic carbocycles. The molecule has 0 saturated carbocycles. The van der Waals surface area contributed by atoms with Crippen LogP contribution in [0.15, 0.2) is 94.6 Å². The molecule has 0 aliphatic carbocycles. The predicted octanol–water partition coefficient (Wildman–Crippen LogP) is 6.31. The summed E-state index contributed by atoms with van der Waals surface area (Å²) in [6, 6.07) is 27.4. The Bertz CT molecular complexity index is 2030. The van der Waals surface area contributed by atoms with Crippen LogP contribution in [-0.4, -0.2) is 104 Å². The third-order valence-electron chi connectivity index (χ3n) is 9.96. The largest absolute Gasteiger partial charge is 0.497 e. The number of aromatic amines is 1. The van der Waals surface area contributed by atoms with E-state index in [0.29, 0.717) is 17.1 Å². The Morgan fingerprint density at radius 3 is 1.97 bits per heavy atom. The first kappa shape index (κ1) is 46.6. The summed E-state index contributed by atoms with van der Waals surface area (Å²) in [4.78, 5) is 34.3. The summed E-state index contributed by atoms with van der Waals surface area (Å²) >= 11 is 0. The van der Waals surface area contributed by atoms with Crippen LogP contribution in [0.1, 0.15) is 62.6 Å². The molecular formula is C44H58N5O10P. The molecule has 1 aromatic heterocycles.